The number of nitrogens with one attached hydrogen (secondary N) is 2. The van der Waals surface area contributed by atoms with Gasteiger partial charge in [-0.25, -0.2) is 17.9 Å². The lowest BCUT2D eigenvalue weighted by Crippen LogP contribution is -2.23. The third kappa shape index (κ3) is 5.65. The number of halogens is 1. The van der Waals surface area contributed by atoms with Gasteiger partial charge in [0.05, 0.1) is 10.5 Å². The third-order valence-corrected chi connectivity index (χ3v) is 5.29. The summed E-state index contributed by atoms with van der Waals surface area (Å²) >= 11 is 3.29. The molecule has 0 aromatic heterocycles. The molecule has 0 bridgehead atoms. The van der Waals surface area contributed by atoms with E-state index in [1.54, 1.807) is 31.2 Å². The Labute approximate surface area is 159 Å². The van der Waals surface area contributed by atoms with Crippen molar-refractivity contribution in [2.24, 2.45) is 0 Å². The molecule has 0 aliphatic rings. The molecule has 0 unspecified atom stereocenters. The van der Waals surface area contributed by atoms with Crippen LogP contribution in [0.3, 0.4) is 0 Å². The number of hydrogen-bond acceptors (Lipinski definition) is 5. The summed E-state index contributed by atoms with van der Waals surface area (Å²) in [7, 11) is -3.59. The molecule has 1 amide bonds. The number of anilines is 1. The molecule has 26 heavy (non-hydrogen) atoms. The molecule has 9 heteroatoms. The van der Waals surface area contributed by atoms with Gasteiger partial charge in [-0.05, 0) is 48.5 Å². The summed E-state index contributed by atoms with van der Waals surface area (Å²) in [4.78, 5) is 23.8. The minimum atomic E-state index is -3.59. The highest BCUT2D eigenvalue weighted by atomic mass is 79.9. The smallest absolute Gasteiger partial charge is 0.338 e. The van der Waals surface area contributed by atoms with E-state index in [2.05, 4.69) is 26.0 Å². The molecule has 0 radical (unpaired) electrons. The lowest BCUT2D eigenvalue weighted by Gasteiger charge is -2.08. The summed E-state index contributed by atoms with van der Waals surface area (Å²) in [5.41, 5.74) is 0.726. The van der Waals surface area contributed by atoms with Gasteiger partial charge in [-0.15, -0.1) is 0 Å². The number of sulfonamides is 1. The molecule has 0 heterocycles. The number of ether oxygens (including phenoxy) is 1. The van der Waals surface area contributed by atoms with E-state index in [9.17, 15) is 18.0 Å². The predicted octanol–water partition coefficient (Wildman–Crippen LogP) is 2.54. The van der Waals surface area contributed by atoms with Crippen molar-refractivity contribution < 1.29 is 22.7 Å². The molecule has 0 aliphatic carbocycles. The van der Waals surface area contributed by atoms with Gasteiger partial charge < -0.3 is 10.1 Å². The van der Waals surface area contributed by atoms with E-state index in [0.717, 1.165) is 4.47 Å². The van der Waals surface area contributed by atoms with Gasteiger partial charge in [0.15, 0.2) is 6.61 Å². The first-order valence-corrected chi connectivity index (χ1v) is 9.91. The van der Waals surface area contributed by atoms with Crippen molar-refractivity contribution in [3.05, 3.63) is 58.6 Å². The maximum atomic E-state index is 12.0. The second-order valence-electron chi connectivity index (χ2n) is 5.16. The Balaban J connectivity index is 1.91. The van der Waals surface area contributed by atoms with E-state index < -0.39 is 28.5 Å². The summed E-state index contributed by atoms with van der Waals surface area (Å²) in [6.45, 7) is 1.48. The summed E-state index contributed by atoms with van der Waals surface area (Å²) < 4.78 is 31.8. The third-order valence-electron chi connectivity index (χ3n) is 3.20. The lowest BCUT2D eigenvalue weighted by molar-refractivity contribution is -0.119. The molecule has 2 N–H and O–H groups in total. The molecular weight excluding hydrogens is 424 g/mol. The van der Waals surface area contributed by atoms with Crippen LogP contribution in [-0.4, -0.2) is 33.4 Å². The quantitative estimate of drug-likeness (QED) is 0.644. The van der Waals surface area contributed by atoms with E-state index in [1.807, 2.05) is 0 Å². The van der Waals surface area contributed by atoms with Gasteiger partial charge in [0.1, 0.15) is 0 Å². The average molecular weight is 441 g/mol. The number of hydrogen-bond donors (Lipinski definition) is 2. The molecule has 0 saturated carbocycles. The van der Waals surface area contributed by atoms with E-state index >= 15 is 0 Å². The second kappa shape index (κ2) is 8.93. The van der Waals surface area contributed by atoms with Crippen LogP contribution in [0.1, 0.15) is 17.3 Å². The number of amides is 1. The fourth-order valence-corrected chi connectivity index (χ4v) is 3.29. The summed E-state index contributed by atoms with van der Waals surface area (Å²) in [5.74, 6) is -1.20. The highest BCUT2D eigenvalue weighted by Gasteiger charge is 2.15. The van der Waals surface area contributed by atoms with Crippen molar-refractivity contribution in [3.63, 3.8) is 0 Å². The number of esters is 1. The van der Waals surface area contributed by atoms with Gasteiger partial charge in [0.2, 0.25) is 10.0 Å². The van der Waals surface area contributed by atoms with Crippen molar-refractivity contribution in [1.82, 2.24) is 4.72 Å². The maximum Gasteiger partial charge on any atom is 0.338 e. The van der Waals surface area contributed by atoms with Crippen LogP contribution in [0.4, 0.5) is 5.69 Å². The number of carbonyl (C=O) groups excluding carboxylic acids is 2. The van der Waals surface area contributed by atoms with Crippen molar-refractivity contribution in [3.8, 4) is 0 Å². The van der Waals surface area contributed by atoms with Crippen molar-refractivity contribution in [2.75, 3.05) is 18.5 Å². The number of benzene rings is 2. The molecule has 0 fully saturated rings. The number of carbonyl (C=O) groups is 2. The van der Waals surface area contributed by atoms with Crippen LogP contribution in [0.25, 0.3) is 0 Å². The summed E-state index contributed by atoms with van der Waals surface area (Å²) in [5, 5.41) is 2.59. The Kier molecular flexibility index (Phi) is 6.90. The summed E-state index contributed by atoms with van der Waals surface area (Å²) in [6.07, 6.45) is 0. The Hall–Kier alpha value is -2.23. The van der Waals surface area contributed by atoms with Gasteiger partial charge in [-0.1, -0.05) is 22.9 Å². The largest absolute Gasteiger partial charge is 0.452 e. The first kappa shape index (κ1) is 20.1. The summed E-state index contributed by atoms with van der Waals surface area (Å²) in [6, 6.07) is 12.2. The first-order chi connectivity index (χ1) is 12.3. The van der Waals surface area contributed by atoms with Crippen LogP contribution in [0, 0.1) is 0 Å². The first-order valence-electron chi connectivity index (χ1n) is 7.64. The Bertz CT molecular complexity index is 880. The molecule has 138 valence electrons. The molecule has 2 aromatic carbocycles. The normalized spacial score (nSPS) is 11.0. The van der Waals surface area contributed by atoms with Crippen LogP contribution in [0.2, 0.25) is 0 Å². The van der Waals surface area contributed by atoms with E-state index in [-0.39, 0.29) is 17.0 Å². The van der Waals surface area contributed by atoms with Gasteiger partial charge in [0.25, 0.3) is 5.91 Å². The van der Waals surface area contributed by atoms with E-state index in [0.29, 0.717) is 5.69 Å². The van der Waals surface area contributed by atoms with Crippen LogP contribution in [0.5, 0.6) is 0 Å². The van der Waals surface area contributed by atoms with Crippen LogP contribution in [0.15, 0.2) is 57.9 Å². The minimum Gasteiger partial charge on any atom is -0.452 e. The fourth-order valence-electron chi connectivity index (χ4n) is 1.99. The highest BCUT2D eigenvalue weighted by molar-refractivity contribution is 9.10. The topological polar surface area (TPSA) is 102 Å². The zero-order valence-electron chi connectivity index (χ0n) is 13.9. The van der Waals surface area contributed by atoms with Crippen LogP contribution >= 0.6 is 15.9 Å². The highest BCUT2D eigenvalue weighted by Crippen LogP contribution is 2.14. The Morgan fingerprint density at radius 3 is 2.23 bits per heavy atom. The molecule has 7 nitrogen and oxygen atoms in total. The van der Waals surface area contributed by atoms with E-state index in [1.165, 1.54) is 24.3 Å². The van der Waals surface area contributed by atoms with Crippen molar-refractivity contribution in [1.29, 1.82) is 0 Å². The van der Waals surface area contributed by atoms with Crippen molar-refractivity contribution >= 4 is 43.5 Å². The maximum absolute atomic E-state index is 12.0. The van der Waals surface area contributed by atoms with Crippen LogP contribution in [-0.2, 0) is 19.6 Å². The lowest BCUT2D eigenvalue weighted by atomic mass is 10.2. The van der Waals surface area contributed by atoms with Crippen LogP contribution < -0.4 is 10.0 Å². The molecule has 0 aliphatic heterocycles. The SMILES string of the molecule is CCNS(=O)(=O)c1ccc(C(=O)OCC(=O)Nc2ccc(Br)cc2)cc1. The Morgan fingerprint density at radius 1 is 1.04 bits per heavy atom. The predicted molar refractivity (Wildman–Crippen MR) is 100 cm³/mol. The average Bonchev–Trinajstić information content (AvgIpc) is 2.62. The Morgan fingerprint density at radius 2 is 1.65 bits per heavy atom. The van der Waals surface area contributed by atoms with Gasteiger partial charge in [0, 0.05) is 16.7 Å². The molecule has 0 spiro atoms. The zero-order valence-corrected chi connectivity index (χ0v) is 16.3. The molecular formula is C17H17BrN2O5S. The van der Waals surface area contributed by atoms with Gasteiger partial charge in [-0.2, -0.15) is 0 Å². The monoisotopic (exact) mass is 440 g/mol. The molecule has 0 atom stereocenters. The fraction of sp³-hybridized carbons (Fsp3) is 0.176. The van der Waals surface area contributed by atoms with E-state index in [4.69, 9.17) is 4.74 Å². The standard InChI is InChI=1S/C17H17BrN2O5S/c1-2-19-26(23,24)15-9-3-12(4-10-15)17(22)25-11-16(21)20-14-7-5-13(18)6-8-14/h3-10,19H,2,11H2,1H3,(H,20,21). The van der Waals surface area contributed by atoms with Crippen molar-refractivity contribution in [2.45, 2.75) is 11.8 Å². The molecule has 2 aromatic rings. The second-order valence-corrected chi connectivity index (χ2v) is 7.84. The number of rotatable bonds is 7. The van der Waals surface area contributed by atoms with Gasteiger partial charge in [-0.3, -0.25) is 4.79 Å². The zero-order chi connectivity index (χ0) is 19.2. The molecule has 2 rings (SSSR count). The molecule has 0 saturated heterocycles. The minimum absolute atomic E-state index is 0.0453. The van der Waals surface area contributed by atoms with Gasteiger partial charge >= 0.3 is 5.97 Å².